The molecule has 0 aliphatic heterocycles. The van der Waals surface area contributed by atoms with Crippen molar-refractivity contribution >= 4 is 15.7 Å². The first kappa shape index (κ1) is 14.5. The third-order valence-corrected chi connectivity index (χ3v) is 4.90. The Hall–Kier alpha value is -1.92. The van der Waals surface area contributed by atoms with Crippen LogP contribution in [0.3, 0.4) is 0 Å². The van der Waals surface area contributed by atoms with E-state index in [0.717, 1.165) is 11.1 Å². The molecule has 0 bridgehead atoms. The third kappa shape index (κ3) is 2.97. The van der Waals surface area contributed by atoms with Crippen molar-refractivity contribution in [3.8, 4) is 0 Å². The van der Waals surface area contributed by atoms with Gasteiger partial charge in [-0.25, -0.2) is 8.42 Å². The van der Waals surface area contributed by atoms with Crippen molar-refractivity contribution in [1.82, 2.24) is 9.29 Å². The summed E-state index contributed by atoms with van der Waals surface area (Å²) in [7, 11) is -1.96. The van der Waals surface area contributed by atoms with Crippen molar-refractivity contribution in [3.05, 3.63) is 53.9 Å². The monoisotopic (exact) mass is 291 g/mol. The number of pyridine rings is 1. The van der Waals surface area contributed by atoms with Crippen molar-refractivity contribution < 1.29 is 8.42 Å². The summed E-state index contributed by atoms with van der Waals surface area (Å²) in [6.07, 6.45) is 3.28. The summed E-state index contributed by atoms with van der Waals surface area (Å²) in [6.45, 7) is 2.09. The quantitative estimate of drug-likeness (QED) is 0.871. The third-order valence-electron chi connectivity index (χ3n) is 3.10. The molecule has 2 aromatic rings. The highest BCUT2D eigenvalue weighted by Gasteiger charge is 2.21. The summed E-state index contributed by atoms with van der Waals surface area (Å²) in [5, 5.41) is 0. The molecule has 0 saturated heterocycles. The zero-order valence-electron chi connectivity index (χ0n) is 11.4. The van der Waals surface area contributed by atoms with Gasteiger partial charge in [-0.3, -0.25) is 4.98 Å². The lowest BCUT2D eigenvalue weighted by Gasteiger charge is -2.17. The molecule has 1 aromatic carbocycles. The van der Waals surface area contributed by atoms with Crippen LogP contribution in [-0.2, 0) is 16.6 Å². The van der Waals surface area contributed by atoms with E-state index in [-0.39, 0.29) is 4.90 Å². The van der Waals surface area contributed by atoms with Gasteiger partial charge in [-0.15, -0.1) is 0 Å². The maximum absolute atomic E-state index is 12.5. The van der Waals surface area contributed by atoms with Crippen LogP contribution in [0.5, 0.6) is 0 Å². The lowest BCUT2D eigenvalue weighted by atomic mass is 10.2. The van der Waals surface area contributed by atoms with Crippen LogP contribution in [0.1, 0.15) is 11.1 Å². The molecule has 20 heavy (non-hydrogen) atoms. The average Bonchev–Trinajstić information content (AvgIpc) is 2.42. The first-order valence-electron chi connectivity index (χ1n) is 6.12. The minimum atomic E-state index is -3.52. The van der Waals surface area contributed by atoms with Crippen LogP contribution in [0, 0.1) is 6.92 Å². The maximum atomic E-state index is 12.5. The fourth-order valence-electron chi connectivity index (χ4n) is 1.82. The summed E-state index contributed by atoms with van der Waals surface area (Å²) >= 11 is 0. The van der Waals surface area contributed by atoms with Gasteiger partial charge in [-0.2, -0.15) is 4.31 Å². The summed E-state index contributed by atoms with van der Waals surface area (Å²) in [6, 6.07) is 8.32. The van der Waals surface area contributed by atoms with E-state index in [1.54, 1.807) is 50.6 Å². The summed E-state index contributed by atoms with van der Waals surface area (Å²) in [5.74, 6) is 0. The number of sulfonamides is 1. The van der Waals surface area contributed by atoms with Crippen LogP contribution in [0.2, 0.25) is 0 Å². The van der Waals surface area contributed by atoms with Crippen LogP contribution in [0.25, 0.3) is 0 Å². The Kier molecular flexibility index (Phi) is 4.06. The Balaban J connectivity index is 2.27. The van der Waals surface area contributed by atoms with Crippen LogP contribution < -0.4 is 5.73 Å². The lowest BCUT2D eigenvalue weighted by Crippen LogP contribution is -2.26. The van der Waals surface area contributed by atoms with Gasteiger partial charge in [0.15, 0.2) is 0 Å². The highest BCUT2D eigenvalue weighted by atomic mass is 32.2. The Bertz CT molecular complexity index is 700. The summed E-state index contributed by atoms with van der Waals surface area (Å²) in [5.41, 5.74) is 7.94. The van der Waals surface area contributed by atoms with Gasteiger partial charge in [0.05, 0.1) is 4.90 Å². The average molecular weight is 291 g/mol. The normalized spacial score (nSPS) is 11.8. The predicted molar refractivity (Wildman–Crippen MR) is 78.5 cm³/mol. The maximum Gasteiger partial charge on any atom is 0.243 e. The lowest BCUT2D eigenvalue weighted by molar-refractivity contribution is 0.466. The van der Waals surface area contributed by atoms with Crippen LogP contribution >= 0.6 is 0 Å². The number of aryl methyl sites for hydroxylation is 1. The molecule has 2 rings (SSSR count). The number of benzene rings is 1. The largest absolute Gasteiger partial charge is 0.399 e. The number of aromatic nitrogens is 1. The molecule has 6 heteroatoms. The molecule has 5 nitrogen and oxygen atoms in total. The Labute approximate surface area is 119 Å². The van der Waals surface area contributed by atoms with Gasteiger partial charge in [0, 0.05) is 31.7 Å². The molecule has 1 aromatic heterocycles. The number of nitrogens with zero attached hydrogens (tertiary/aromatic N) is 2. The number of hydrogen-bond donors (Lipinski definition) is 1. The van der Waals surface area contributed by atoms with E-state index in [9.17, 15) is 8.42 Å². The highest BCUT2D eigenvalue weighted by molar-refractivity contribution is 7.89. The van der Waals surface area contributed by atoms with Gasteiger partial charge in [-0.1, -0.05) is 0 Å². The molecule has 0 radical (unpaired) electrons. The summed E-state index contributed by atoms with van der Waals surface area (Å²) in [4.78, 5) is 4.16. The first-order chi connectivity index (χ1) is 9.41. The van der Waals surface area contributed by atoms with Crippen LogP contribution in [0.4, 0.5) is 5.69 Å². The van der Waals surface area contributed by atoms with Crippen molar-refractivity contribution in [1.29, 1.82) is 0 Å². The molecule has 0 fully saturated rings. The Morgan fingerprint density at radius 1 is 1.20 bits per heavy atom. The van der Waals surface area contributed by atoms with Crippen molar-refractivity contribution in [2.45, 2.75) is 18.4 Å². The van der Waals surface area contributed by atoms with E-state index in [1.807, 2.05) is 0 Å². The minimum absolute atomic E-state index is 0.251. The Morgan fingerprint density at radius 2 is 1.85 bits per heavy atom. The molecule has 1 heterocycles. The van der Waals surface area contributed by atoms with Crippen molar-refractivity contribution in [2.24, 2.45) is 0 Å². The van der Waals surface area contributed by atoms with Gasteiger partial charge in [0.2, 0.25) is 10.0 Å². The topological polar surface area (TPSA) is 76.3 Å². The number of hydrogen-bond acceptors (Lipinski definition) is 4. The SMILES string of the molecule is Cc1cc(S(=O)(=O)N(C)Cc2ccncc2)ccc1N. The van der Waals surface area contributed by atoms with Gasteiger partial charge in [0.25, 0.3) is 0 Å². The number of nitrogens with two attached hydrogens (primary N) is 1. The van der Waals surface area contributed by atoms with Crippen LogP contribution in [-0.4, -0.2) is 24.8 Å². The van der Waals surface area contributed by atoms with E-state index >= 15 is 0 Å². The molecular formula is C14H17N3O2S. The summed E-state index contributed by atoms with van der Waals surface area (Å²) < 4.78 is 26.3. The van der Waals surface area contributed by atoms with E-state index < -0.39 is 10.0 Å². The number of anilines is 1. The van der Waals surface area contributed by atoms with E-state index in [2.05, 4.69) is 4.98 Å². The zero-order valence-corrected chi connectivity index (χ0v) is 12.3. The molecule has 0 aliphatic carbocycles. The molecule has 0 unspecified atom stereocenters. The first-order valence-corrected chi connectivity index (χ1v) is 7.56. The molecule has 0 amide bonds. The fraction of sp³-hybridized carbons (Fsp3) is 0.214. The predicted octanol–water partition coefficient (Wildman–Crippen LogP) is 1.79. The van der Waals surface area contributed by atoms with Gasteiger partial charge in [0.1, 0.15) is 0 Å². The molecule has 0 atom stereocenters. The molecular weight excluding hydrogens is 274 g/mol. The van der Waals surface area contributed by atoms with Crippen molar-refractivity contribution in [3.63, 3.8) is 0 Å². The molecule has 2 N–H and O–H groups in total. The number of rotatable bonds is 4. The van der Waals surface area contributed by atoms with Gasteiger partial charge >= 0.3 is 0 Å². The van der Waals surface area contributed by atoms with E-state index in [1.165, 1.54) is 10.4 Å². The fourth-order valence-corrected chi connectivity index (χ4v) is 3.06. The standard InChI is InChI=1S/C14H17N3O2S/c1-11-9-13(3-4-14(11)15)20(18,19)17(2)10-12-5-7-16-8-6-12/h3-9H,10,15H2,1-2H3. The zero-order chi connectivity index (χ0) is 14.8. The molecule has 0 spiro atoms. The molecule has 106 valence electrons. The molecule has 0 aliphatic rings. The molecule has 0 saturated carbocycles. The van der Waals surface area contributed by atoms with Crippen molar-refractivity contribution in [2.75, 3.05) is 12.8 Å². The second kappa shape index (κ2) is 5.60. The number of nitrogen functional groups attached to an aromatic ring is 1. The second-order valence-corrected chi connectivity index (χ2v) is 6.68. The minimum Gasteiger partial charge on any atom is -0.399 e. The van der Waals surface area contributed by atoms with E-state index in [4.69, 9.17) is 5.73 Å². The van der Waals surface area contributed by atoms with E-state index in [0.29, 0.717) is 12.2 Å². The smallest absolute Gasteiger partial charge is 0.243 e. The second-order valence-electron chi connectivity index (χ2n) is 4.63. The van der Waals surface area contributed by atoms with Gasteiger partial charge < -0.3 is 5.73 Å². The van der Waals surface area contributed by atoms with Crippen LogP contribution in [0.15, 0.2) is 47.6 Å². The highest BCUT2D eigenvalue weighted by Crippen LogP contribution is 2.20. The van der Waals surface area contributed by atoms with Gasteiger partial charge in [-0.05, 0) is 48.4 Å². The Morgan fingerprint density at radius 3 is 2.45 bits per heavy atom.